The Labute approximate surface area is 295 Å². The summed E-state index contributed by atoms with van der Waals surface area (Å²) in [4.78, 5) is 26.1. The fraction of sp³-hybridized carbons (Fsp3) is 0.324. The van der Waals surface area contributed by atoms with E-state index in [1.54, 1.807) is 36.4 Å². The Morgan fingerprint density at radius 2 is 1.66 bits per heavy atom. The van der Waals surface area contributed by atoms with E-state index >= 15 is 0 Å². The molecule has 0 aliphatic carbocycles. The van der Waals surface area contributed by atoms with Gasteiger partial charge in [0.15, 0.2) is 0 Å². The number of hydrogen-bond donors (Lipinski definition) is 1. The number of rotatable bonds is 10. The van der Waals surface area contributed by atoms with E-state index in [0.717, 1.165) is 34.3 Å². The molecule has 0 aliphatic heterocycles. The van der Waals surface area contributed by atoms with Crippen LogP contribution in [0.3, 0.4) is 0 Å². The fourth-order valence-electron chi connectivity index (χ4n) is 4.68. The van der Waals surface area contributed by atoms with Gasteiger partial charge in [0.25, 0.3) is 0 Å². The number of carboxylic acid groups (broad SMARTS) is 1. The topological polar surface area (TPSA) is 82.2 Å². The molecule has 1 N–H and O–H groups in total. The zero-order valence-electron chi connectivity index (χ0n) is 28.1. The molecule has 7 nitrogen and oxygen atoms in total. The van der Waals surface area contributed by atoms with Crippen LogP contribution in [0.4, 0.5) is 0 Å². The van der Waals surface area contributed by atoms with Crippen molar-refractivity contribution in [3.05, 3.63) is 93.6 Å². The van der Waals surface area contributed by atoms with E-state index in [1.165, 1.54) is 4.37 Å². The number of carboxylic acids is 1. The number of fused-ring (bicyclic) bond motifs is 1. The van der Waals surface area contributed by atoms with E-state index in [-0.39, 0.29) is 5.56 Å². The van der Waals surface area contributed by atoms with Crippen LogP contribution in [0.1, 0.15) is 62.5 Å². The quantitative estimate of drug-likeness (QED) is 0.0867. The standard InChI is InChI=1S/C31H25Cl2N4O3.2C2H6.2CH3.Sb/c1-3-14-40-19-37-28-16-21(9-8-20-6-5-7-22(15-20)31(38)39)10-13-26(28)34-30(37)29-35-27(18-36(29)4-2)24-12-11-23(32)17-25(24)33;2*1-2;;;/h5-7,10-13,15-18H,1,3-4,14,19H2,2H3,(H,38,39);2*1-2H3;2*1H3;. The molecular weight excluding hydrogens is 741 g/mol. The molecule has 248 valence electrons. The molecule has 47 heavy (non-hydrogen) atoms. The van der Waals surface area contributed by atoms with Gasteiger partial charge in [0.2, 0.25) is 0 Å². The zero-order chi connectivity index (χ0) is 34.5. The van der Waals surface area contributed by atoms with Crippen molar-refractivity contribution in [2.24, 2.45) is 0 Å². The molecule has 2 heterocycles. The first kappa shape index (κ1) is 38.2. The summed E-state index contributed by atoms with van der Waals surface area (Å²) in [6.07, 6.45) is 3.03. The van der Waals surface area contributed by atoms with Crippen molar-refractivity contribution in [2.45, 2.75) is 68.4 Å². The summed E-state index contributed by atoms with van der Waals surface area (Å²) >= 11 is 11.6. The normalized spacial score (nSPS) is 10.5. The maximum absolute atomic E-state index is 11.4. The summed E-state index contributed by atoms with van der Waals surface area (Å²) in [5.74, 6) is 6.68. The maximum atomic E-state index is 11.4. The van der Waals surface area contributed by atoms with Gasteiger partial charge in [-0.05, 0) is 30.3 Å². The van der Waals surface area contributed by atoms with E-state index in [2.05, 4.69) is 33.1 Å². The molecule has 5 rings (SSSR count). The molecule has 5 aromatic rings. The van der Waals surface area contributed by atoms with E-state index < -0.39 is 26.2 Å². The minimum absolute atomic E-state index is 0.203. The molecule has 0 unspecified atom stereocenters. The van der Waals surface area contributed by atoms with Crippen LogP contribution in [0.15, 0.2) is 66.9 Å². The number of imidazole rings is 2. The van der Waals surface area contributed by atoms with Crippen molar-refractivity contribution in [3.63, 3.8) is 0 Å². The molecule has 0 spiro atoms. The average Bonchev–Trinajstić information content (AvgIpc) is 3.66. The molecule has 2 aromatic heterocycles. The number of ether oxygens (including phenoxy) is 1. The molecule has 0 atom stereocenters. The van der Waals surface area contributed by atoms with E-state index in [0.29, 0.717) is 47.1 Å². The molecule has 10 heteroatoms. The van der Waals surface area contributed by atoms with Gasteiger partial charge in [0.1, 0.15) is 0 Å². The number of aromatic nitrogens is 4. The Morgan fingerprint density at radius 3 is 2.32 bits per heavy atom. The molecular formula is C37H43Cl2N4O3Sb. The molecule has 0 fully saturated rings. The first-order chi connectivity index (χ1) is 22.7. The van der Waals surface area contributed by atoms with Gasteiger partial charge in [0, 0.05) is 5.02 Å². The molecule has 0 bridgehead atoms. The van der Waals surface area contributed by atoms with Crippen molar-refractivity contribution in [3.8, 4) is 34.7 Å². The SMILES string of the molecule is CC.CC.CCn1cc(-c2ccc(Cl)cc2Cl)nc1-c1nc2ccc(C#Cc3cccc(C(=O)O)c3)cc2n1COCC[CH2][Sb]([CH3])[CH3]. The number of benzene rings is 3. The molecule has 0 saturated heterocycles. The van der Waals surface area contributed by atoms with Gasteiger partial charge in [-0.2, -0.15) is 0 Å². The van der Waals surface area contributed by atoms with Gasteiger partial charge in [-0.25, -0.2) is 4.79 Å². The monoisotopic (exact) mass is 782 g/mol. The predicted molar refractivity (Wildman–Crippen MR) is 197 cm³/mol. The van der Waals surface area contributed by atoms with E-state index in [9.17, 15) is 9.90 Å². The Bertz CT molecular complexity index is 1850. The third-order valence-corrected chi connectivity index (χ3v) is 10.9. The number of aryl methyl sites for hydroxylation is 1. The number of nitrogens with zero attached hydrogens (tertiary/aromatic N) is 4. The van der Waals surface area contributed by atoms with Crippen LogP contribution >= 0.6 is 23.2 Å². The summed E-state index contributed by atoms with van der Waals surface area (Å²) in [5, 5.41) is 10.4. The number of aromatic carboxylic acids is 1. The molecule has 0 aliphatic rings. The van der Waals surface area contributed by atoms with Crippen LogP contribution in [0, 0.1) is 11.8 Å². The Balaban J connectivity index is 0.00000144. The van der Waals surface area contributed by atoms with Crippen LogP contribution in [0.5, 0.6) is 0 Å². The summed E-state index contributed by atoms with van der Waals surface area (Å²) in [6, 6.07) is 17.8. The second-order valence-corrected chi connectivity index (χ2v) is 18.5. The van der Waals surface area contributed by atoms with Crippen LogP contribution in [0.25, 0.3) is 33.9 Å². The average molecular weight is 784 g/mol. The summed E-state index contributed by atoms with van der Waals surface area (Å²) in [7, 11) is 0. The summed E-state index contributed by atoms with van der Waals surface area (Å²) < 4.78 is 11.6. The summed E-state index contributed by atoms with van der Waals surface area (Å²) in [5.41, 5.74) is 4.81. The Hall–Kier alpha value is -3.27. The first-order valence-electron chi connectivity index (χ1n) is 15.8. The van der Waals surface area contributed by atoms with E-state index in [1.807, 2.05) is 62.7 Å². The second kappa shape index (κ2) is 18.9. The first-order valence-corrected chi connectivity index (χ1v) is 23.5. The van der Waals surface area contributed by atoms with Crippen LogP contribution in [-0.4, -0.2) is 57.0 Å². The predicted octanol–water partition coefficient (Wildman–Crippen LogP) is 10.2. The Kier molecular flexibility index (Phi) is 15.4. The second-order valence-electron chi connectivity index (χ2n) is 10.3. The third-order valence-electron chi connectivity index (χ3n) is 6.85. The van der Waals surface area contributed by atoms with Crippen molar-refractivity contribution in [1.29, 1.82) is 0 Å². The van der Waals surface area contributed by atoms with Gasteiger partial charge in [-0.15, -0.1) is 0 Å². The molecule has 0 amide bonds. The molecule has 0 saturated carbocycles. The van der Waals surface area contributed by atoms with Crippen LogP contribution in [0.2, 0.25) is 24.2 Å². The molecule has 0 radical (unpaired) electrons. The van der Waals surface area contributed by atoms with Crippen LogP contribution < -0.4 is 0 Å². The van der Waals surface area contributed by atoms with Gasteiger partial charge in [0.05, 0.1) is 5.56 Å². The van der Waals surface area contributed by atoms with Gasteiger partial charge >= 0.3 is 190 Å². The number of halogens is 2. The molecule has 3 aromatic carbocycles. The van der Waals surface area contributed by atoms with Crippen LogP contribution in [-0.2, 0) is 18.0 Å². The summed E-state index contributed by atoms with van der Waals surface area (Å²) in [6.45, 7) is 11.7. The number of hydrogen-bond acceptors (Lipinski definition) is 4. The van der Waals surface area contributed by atoms with Gasteiger partial charge in [-0.1, -0.05) is 57.0 Å². The number of carbonyl (C=O) groups is 1. The minimum atomic E-state index is -1.05. The van der Waals surface area contributed by atoms with Crippen molar-refractivity contribution < 1.29 is 14.6 Å². The van der Waals surface area contributed by atoms with Gasteiger partial charge < -0.3 is 5.11 Å². The zero-order valence-corrected chi connectivity index (χ0v) is 32.2. The Morgan fingerprint density at radius 1 is 0.936 bits per heavy atom. The van der Waals surface area contributed by atoms with Crippen molar-refractivity contribution >= 4 is 60.4 Å². The van der Waals surface area contributed by atoms with Crippen molar-refractivity contribution in [2.75, 3.05) is 6.61 Å². The third kappa shape index (κ3) is 10.1. The fourth-order valence-corrected chi connectivity index (χ4v) is 7.36. The van der Waals surface area contributed by atoms with E-state index in [4.69, 9.17) is 37.9 Å². The van der Waals surface area contributed by atoms with Gasteiger partial charge in [-0.3, -0.25) is 0 Å². The van der Waals surface area contributed by atoms with Crippen molar-refractivity contribution in [1.82, 2.24) is 19.1 Å².